The molecule has 1 N–H and O–H groups in total. The molecule has 0 spiro atoms. The first-order valence-corrected chi connectivity index (χ1v) is 7.51. The van der Waals surface area contributed by atoms with Crippen molar-refractivity contribution in [2.24, 2.45) is 0 Å². The molecule has 2 aromatic rings. The predicted octanol–water partition coefficient (Wildman–Crippen LogP) is 2.55. The molecule has 0 aromatic heterocycles. The van der Waals surface area contributed by atoms with E-state index in [0.717, 1.165) is 5.56 Å². The molecular formula is C18H20FNO5. The van der Waals surface area contributed by atoms with E-state index in [4.69, 9.17) is 18.9 Å². The number of halogens is 1. The Balaban J connectivity index is 1.93. The molecule has 0 aliphatic rings. The maximum Gasteiger partial charge on any atom is 0.258 e. The first-order valence-electron chi connectivity index (χ1n) is 7.51. The number of carbonyl (C=O) groups excluding carboxylic acids is 1. The van der Waals surface area contributed by atoms with Crippen LogP contribution < -0.4 is 24.3 Å². The third-order valence-corrected chi connectivity index (χ3v) is 3.40. The van der Waals surface area contributed by atoms with Crippen molar-refractivity contribution in [3.63, 3.8) is 0 Å². The zero-order chi connectivity index (χ0) is 18.2. The quantitative estimate of drug-likeness (QED) is 0.793. The number of hydrogen-bond donors (Lipinski definition) is 1. The first kappa shape index (κ1) is 18.4. The van der Waals surface area contributed by atoms with E-state index in [1.54, 1.807) is 12.1 Å². The van der Waals surface area contributed by atoms with E-state index in [2.05, 4.69) is 5.32 Å². The van der Waals surface area contributed by atoms with Crippen molar-refractivity contribution in [1.82, 2.24) is 5.32 Å². The van der Waals surface area contributed by atoms with Gasteiger partial charge in [-0.15, -0.1) is 0 Å². The average molecular weight is 349 g/mol. The van der Waals surface area contributed by atoms with Gasteiger partial charge < -0.3 is 24.3 Å². The molecule has 0 aliphatic heterocycles. The van der Waals surface area contributed by atoms with Gasteiger partial charge in [0, 0.05) is 6.54 Å². The van der Waals surface area contributed by atoms with Gasteiger partial charge in [-0.2, -0.15) is 0 Å². The Morgan fingerprint density at radius 2 is 1.60 bits per heavy atom. The molecule has 0 fully saturated rings. The van der Waals surface area contributed by atoms with E-state index in [1.165, 1.54) is 45.6 Å². The van der Waals surface area contributed by atoms with E-state index in [0.29, 0.717) is 23.0 Å². The number of amides is 1. The largest absolute Gasteiger partial charge is 0.493 e. The molecule has 0 aliphatic carbocycles. The Labute approximate surface area is 145 Å². The van der Waals surface area contributed by atoms with Gasteiger partial charge in [0.1, 0.15) is 11.6 Å². The minimum atomic E-state index is -0.362. The second-order valence-electron chi connectivity index (χ2n) is 5.05. The highest BCUT2D eigenvalue weighted by atomic mass is 19.1. The number of hydrogen-bond acceptors (Lipinski definition) is 5. The second kappa shape index (κ2) is 8.77. The molecule has 0 bridgehead atoms. The van der Waals surface area contributed by atoms with Crippen LogP contribution in [0.1, 0.15) is 5.56 Å². The highest BCUT2D eigenvalue weighted by Gasteiger charge is 2.13. The lowest BCUT2D eigenvalue weighted by Gasteiger charge is -2.14. The third-order valence-electron chi connectivity index (χ3n) is 3.40. The minimum Gasteiger partial charge on any atom is -0.493 e. The maximum absolute atomic E-state index is 12.8. The number of nitrogens with one attached hydrogen (secondary N) is 1. The molecule has 1 amide bonds. The van der Waals surface area contributed by atoms with Crippen LogP contribution in [-0.2, 0) is 11.3 Å². The van der Waals surface area contributed by atoms with Gasteiger partial charge >= 0.3 is 0 Å². The van der Waals surface area contributed by atoms with Crippen LogP contribution in [-0.4, -0.2) is 33.8 Å². The van der Waals surface area contributed by atoms with Crippen LogP contribution in [0.5, 0.6) is 23.0 Å². The van der Waals surface area contributed by atoms with Gasteiger partial charge in [-0.1, -0.05) is 0 Å². The molecule has 0 saturated heterocycles. The van der Waals surface area contributed by atoms with Crippen molar-refractivity contribution >= 4 is 5.91 Å². The van der Waals surface area contributed by atoms with Crippen molar-refractivity contribution < 1.29 is 28.1 Å². The molecular weight excluding hydrogens is 329 g/mol. The van der Waals surface area contributed by atoms with E-state index < -0.39 is 0 Å². The number of rotatable bonds is 8. The number of benzene rings is 2. The first-order chi connectivity index (χ1) is 12.1. The van der Waals surface area contributed by atoms with Crippen LogP contribution >= 0.6 is 0 Å². The smallest absolute Gasteiger partial charge is 0.258 e. The molecule has 0 heterocycles. The number of ether oxygens (including phenoxy) is 4. The van der Waals surface area contributed by atoms with Gasteiger partial charge in [0.2, 0.25) is 5.75 Å². The molecule has 25 heavy (non-hydrogen) atoms. The van der Waals surface area contributed by atoms with Gasteiger partial charge in [-0.25, -0.2) is 4.39 Å². The van der Waals surface area contributed by atoms with Crippen molar-refractivity contribution in [2.75, 3.05) is 27.9 Å². The molecule has 0 saturated carbocycles. The molecule has 0 unspecified atom stereocenters. The lowest BCUT2D eigenvalue weighted by Crippen LogP contribution is -2.28. The predicted molar refractivity (Wildman–Crippen MR) is 89.8 cm³/mol. The number of methoxy groups -OCH3 is 3. The van der Waals surface area contributed by atoms with Crippen LogP contribution in [0.2, 0.25) is 0 Å². The van der Waals surface area contributed by atoms with E-state index in [-0.39, 0.29) is 24.9 Å². The summed E-state index contributed by atoms with van der Waals surface area (Å²) in [6.07, 6.45) is 0. The summed E-state index contributed by atoms with van der Waals surface area (Å²) >= 11 is 0. The van der Waals surface area contributed by atoms with Crippen molar-refractivity contribution in [3.05, 3.63) is 47.8 Å². The lowest BCUT2D eigenvalue weighted by atomic mass is 10.1. The van der Waals surface area contributed by atoms with Crippen molar-refractivity contribution in [3.8, 4) is 23.0 Å². The Hall–Kier alpha value is -2.96. The fraction of sp³-hybridized carbons (Fsp3) is 0.278. The summed E-state index contributed by atoms with van der Waals surface area (Å²) in [6.45, 7) is 0.0956. The number of carbonyl (C=O) groups is 1. The highest BCUT2D eigenvalue weighted by Crippen LogP contribution is 2.38. The SMILES string of the molecule is COc1cc(CNC(=O)COc2ccc(F)cc2)cc(OC)c1OC. The summed E-state index contributed by atoms with van der Waals surface area (Å²) in [5, 5.41) is 2.73. The topological polar surface area (TPSA) is 66.0 Å². The van der Waals surface area contributed by atoms with Gasteiger partial charge in [0.15, 0.2) is 18.1 Å². The molecule has 134 valence electrons. The summed E-state index contributed by atoms with van der Waals surface area (Å²) < 4.78 is 33.9. The van der Waals surface area contributed by atoms with E-state index in [9.17, 15) is 9.18 Å². The summed E-state index contributed by atoms with van der Waals surface area (Å²) in [7, 11) is 4.57. The summed E-state index contributed by atoms with van der Waals surface area (Å²) in [5.74, 6) is 1.25. The van der Waals surface area contributed by atoms with Crippen LogP contribution in [0.15, 0.2) is 36.4 Å². The van der Waals surface area contributed by atoms with Crippen LogP contribution in [0, 0.1) is 5.82 Å². The van der Waals surface area contributed by atoms with Crippen molar-refractivity contribution in [2.45, 2.75) is 6.54 Å². The zero-order valence-corrected chi connectivity index (χ0v) is 14.3. The van der Waals surface area contributed by atoms with Crippen LogP contribution in [0.3, 0.4) is 0 Å². The molecule has 7 heteroatoms. The minimum absolute atomic E-state index is 0.171. The zero-order valence-electron chi connectivity index (χ0n) is 14.3. The van der Waals surface area contributed by atoms with Gasteiger partial charge in [-0.3, -0.25) is 4.79 Å². The standard InChI is InChI=1S/C18H20FNO5/c1-22-15-8-12(9-16(23-2)18(15)24-3)10-20-17(21)11-25-14-6-4-13(19)5-7-14/h4-9H,10-11H2,1-3H3,(H,20,21). The summed E-state index contributed by atoms with van der Waals surface area (Å²) in [6, 6.07) is 8.96. The maximum atomic E-state index is 12.8. The Morgan fingerprint density at radius 3 is 2.12 bits per heavy atom. The van der Waals surface area contributed by atoms with Crippen LogP contribution in [0.25, 0.3) is 0 Å². The van der Waals surface area contributed by atoms with E-state index in [1.807, 2.05) is 0 Å². The van der Waals surface area contributed by atoms with Crippen LogP contribution in [0.4, 0.5) is 4.39 Å². The Morgan fingerprint density at radius 1 is 1.00 bits per heavy atom. The molecule has 2 aromatic carbocycles. The molecule has 2 rings (SSSR count). The highest BCUT2D eigenvalue weighted by molar-refractivity contribution is 5.77. The van der Waals surface area contributed by atoms with Crippen molar-refractivity contribution in [1.29, 1.82) is 0 Å². The van der Waals surface area contributed by atoms with Gasteiger partial charge in [0.05, 0.1) is 21.3 Å². The summed E-state index contributed by atoms with van der Waals surface area (Å²) in [4.78, 5) is 11.9. The normalized spacial score (nSPS) is 10.1. The summed E-state index contributed by atoms with van der Waals surface area (Å²) in [5.41, 5.74) is 0.782. The molecule has 0 atom stereocenters. The fourth-order valence-electron chi connectivity index (χ4n) is 2.17. The molecule has 0 radical (unpaired) electrons. The lowest BCUT2D eigenvalue weighted by molar-refractivity contribution is -0.123. The van der Waals surface area contributed by atoms with Gasteiger partial charge in [0.25, 0.3) is 5.91 Å². The van der Waals surface area contributed by atoms with E-state index >= 15 is 0 Å². The second-order valence-corrected chi connectivity index (χ2v) is 5.05. The Kier molecular flexibility index (Phi) is 6.45. The monoisotopic (exact) mass is 349 g/mol. The third kappa shape index (κ3) is 5.00. The fourth-order valence-corrected chi connectivity index (χ4v) is 2.17. The average Bonchev–Trinajstić information content (AvgIpc) is 2.64. The molecule has 6 nitrogen and oxygen atoms in total. The van der Waals surface area contributed by atoms with Gasteiger partial charge in [-0.05, 0) is 42.0 Å². The Bertz CT molecular complexity index is 693.